The van der Waals surface area contributed by atoms with Crippen LogP contribution in [0, 0.1) is 5.82 Å². The first kappa shape index (κ1) is 11.8. The van der Waals surface area contributed by atoms with Gasteiger partial charge in [0.1, 0.15) is 0 Å². The number of benzene rings is 1. The van der Waals surface area contributed by atoms with Crippen molar-refractivity contribution in [3.8, 4) is 11.5 Å². The topological polar surface area (TPSA) is 44.5 Å². The fraction of sp³-hybridized carbons (Fsp3) is 0.455. The molecule has 0 bridgehead atoms. The Balaban J connectivity index is 3.32. The largest absolute Gasteiger partial charge is 0.493 e. The molecule has 0 atom stereocenters. The number of methoxy groups -OCH3 is 2. The Labute approximate surface area is 89.0 Å². The van der Waals surface area contributed by atoms with Crippen LogP contribution in [0.25, 0.3) is 0 Å². The lowest BCUT2D eigenvalue weighted by Gasteiger charge is -2.21. The number of rotatable bonds is 3. The second-order valence-corrected chi connectivity index (χ2v) is 3.92. The highest BCUT2D eigenvalue weighted by Crippen LogP contribution is 2.34. The van der Waals surface area contributed by atoms with E-state index in [1.807, 2.05) is 0 Å². The predicted octanol–water partition coefficient (Wildman–Crippen LogP) is 2.04. The highest BCUT2D eigenvalue weighted by atomic mass is 19.1. The van der Waals surface area contributed by atoms with Gasteiger partial charge in [-0.2, -0.15) is 0 Å². The van der Waals surface area contributed by atoms with Crippen LogP contribution in [0.3, 0.4) is 0 Å². The lowest BCUT2D eigenvalue weighted by atomic mass is 9.95. The van der Waals surface area contributed by atoms with Crippen molar-refractivity contribution in [2.75, 3.05) is 14.2 Å². The summed E-state index contributed by atoms with van der Waals surface area (Å²) in [6.07, 6.45) is 0. The summed E-state index contributed by atoms with van der Waals surface area (Å²) in [7, 11) is 2.86. The first-order valence-corrected chi connectivity index (χ1v) is 4.61. The minimum absolute atomic E-state index is 0.102. The van der Waals surface area contributed by atoms with Crippen molar-refractivity contribution >= 4 is 0 Å². The number of hydrogen-bond donors (Lipinski definition) is 1. The Morgan fingerprint density at radius 1 is 1.20 bits per heavy atom. The molecule has 0 saturated heterocycles. The number of ether oxygens (including phenoxy) is 2. The second-order valence-electron chi connectivity index (χ2n) is 3.92. The highest BCUT2D eigenvalue weighted by Gasteiger charge is 2.20. The van der Waals surface area contributed by atoms with Crippen molar-refractivity contribution in [2.45, 2.75) is 19.4 Å². The summed E-state index contributed by atoms with van der Waals surface area (Å²) in [4.78, 5) is 0. The Kier molecular flexibility index (Phi) is 3.19. The first-order valence-electron chi connectivity index (χ1n) is 4.61. The van der Waals surface area contributed by atoms with Gasteiger partial charge in [0.05, 0.1) is 14.2 Å². The molecule has 2 N–H and O–H groups in total. The monoisotopic (exact) mass is 213 g/mol. The molecule has 0 fully saturated rings. The van der Waals surface area contributed by atoms with Crippen molar-refractivity contribution < 1.29 is 13.9 Å². The molecule has 0 aliphatic rings. The number of halogens is 1. The summed E-state index contributed by atoms with van der Waals surface area (Å²) in [5.74, 6) is -0.0121. The van der Waals surface area contributed by atoms with Crippen molar-refractivity contribution in [1.29, 1.82) is 0 Å². The van der Waals surface area contributed by atoms with E-state index < -0.39 is 11.4 Å². The van der Waals surface area contributed by atoms with E-state index >= 15 is 0 Å². The van der Waals surface area contributed by atoms with E-state index in [4.69, 9.17) is 15.2 Å². The third-order valence-electron chi connectivity index (χ3n) is 2.18. The standard InChI is InChI=1S/C11H16FNO2/c1-11(2,13)7-5-8(12)10(15-4)9(6-7)14-3/h5-6H,13H2,1-4H3. The van der Waals surface area contributed by atoms with Gasteiger partial charge in [-0.3, -0.25) is 0 Å². The summed E-state index contributed by atoms with van der Waals surface area (Å²) in [5, 5.41) is 0. The molecule has 0 unspecified atom stereocenters. The average molecular weight is 213 g/mol. The van der Waals surface area contributed by atoms with Gasteiger partial charge in [-0.15, -0.1) is 0 Å². The van der Waals surface area contributed by atoms with Crippen molar-refractivity contribution in [2.24, 2.45) is 5.73 Å². The number of hydrogen-bond acceptors (Lipinski definition) is 3. The van der Waals surface area contributed by atoms with Gasteiger partial charge in [-0.05, 0) is 31.5 Å². The van der Waals surface area contributed by atoms with Crippen LogP contribution in [-0.4, -0.2) is 14.2 Å². The van der Waals surface area contributed by atoms with E-state index in [-0.39, 0.29) is 5.75 Å². The highest BCUT2D eigenvalue weighted by molar-refractivity contribution is 5.45. The molecule has 0 spiro atoms. The molecule has 0 aromatic heterocycles. The maximum Gasteiger partial charge on any atom is 0.196 e. The molecule has 0 aliphatic heterocycles. The normalized spacial score (nSPS) is 11.3. The summed E-state index contributed by atoms with van der Waals surface area (Å²) in [5.41, 5.74) is 5.93. The molecule has 1 aromatic rings. The van der Waals surface area contributed by atoms with Crippen LogP contribution in [0.1, 0.15) is 19.4 Å². The summed E-state index contributed by atoms with van der Waals surface area (Å²) >= 11 is 0. The minimum Gasteiger partial charge on any atom is -0.493 e. The molecule has 0 aliphatic carbocycles. The molecule has 0 saturated carbocycles. The molecule has 1 rings (SSSR count). The average Bonchev–Trinajstić information content (AvgIpc) is 2.15. The van der Waals surface area contributed by atoms with E-state index in [9.17, 15) is 4.39 Å². The zero-order valence-electron chi connectivity index (χ0n) is 9.43. The lowest BCUT2D eigenvalue weighted by molar-refractivity contribution is 0.335. The molecule has 15 heavy (non-hydrogen) atoms. The molecular weight excluding hydrogens is 197 g/mol. The molecule has 1 aromatic carbocycles. The van der Waals surface area contributed by atoms with E-state index in [0.29, 0.717) is 11.3 Å². The maximum atomic E-state index is 13.6. The maximum absolute atomic E-state index is 13.6. The fourth-order valence-electron chi connectivity index (χ4n) is 1.29. The fourth-order valence-corrected chi connectivity index (χ4v) is 1.29. The van der Waals surface area contributed by atoms with Crippen LogP contribution >= 0.6 is 0 Å². The smallest absolute Gasteiger partial charge is 0.196 e. The van der Waals surface area contributed by atoms with Gasteiger partial charge in [0, 0.05) is 5.54 Å². The number of nitrogens with two attached hydrogens (primary N) is 1. The van der Waals surface area contributed by atoms with Gasteiger partial charge in [0.25, 0.3) is 0 Å². The summed E-state index contributed by atoms with van der Waals surface area (Å²) in [6, 6.07) is 3.04. The van der Waals surface area contributed by atoms with Crippen LogP contribution in [-0.2, 0) is 5.54 Å². The molecule has 0 heterocycles. The van der Waals surface area contributed by atoms with Gasteiger partial charge in [0.2, 0.25) is 0 Å². The quantitative estimate of drug-likeness (QED) is 0.835. The van der Waals surface area contributed by atoms with E-state index in [0.717, 1.165) is 0 Å². The summed E-state index contributed by atoms with van der Waals surface area (Å²) in [6.45, 7) is 3.60. The molecule has 0 radical (unpaired) electrons. The van der Waals surface area contributed by atoms with Gasteiger partial charge in [0.15, 0.2) is 17.3 Å². The van der Waals surface area contributed by atoms with Crippen LogP contribution in [0.2, 0.25) is 0 Å². The molecular formula is C11H16FNO2. The van der Waals surface area contributed by atoms with Crippen molar-refractivity contribution in [3.63, 3.8) is 0 Å². The van der Waals surface area contributed by atoms with Gasteiger partial charge >= 0.3 is 0 Å². The van der Waals surface area contributed by atoms with Crippen molar-refractivity contribution in [3.05, 3.63) is 23.5 Å². The van der Waals surface area contributed by atoms with Crippen molar-refractivity contribution in [1.82, 2.24) is 0 Å². The molecule has 0 amide bonds. The minimum atomic E-state index is -0.611. The molecule has 84 valence electrons. The Hall–Kier alpha value is -1.29. The summed E-state index contributed by atoms with van der Waals surface area (Å²) < 4.78 is 23.5. The predicted molar refractivity (Wildman–Crippen MR) is 56.7 cm³/mol. The third kappa shape index (κ3) is 2.39. The first-order chi connectivity index (χ1) is 6.90. The van der Waals surface area contributed by atoms with Crippen LogP contribution in [0.4, 0.5) is 4.39 Å². The Bertz CT molecular complexity index is 358. The van der Waals surface area contributed by atoms with E-state index in [1.54, 1.807) is 19.9 Å². The Morgan fingerprint density at radius 3 is 2.20 bits per heavy atom. The van der Waals surface area contributed by atoms with Crippen LogP contribution < -0.4 is 15.2 Å². The second kappa shape index (κ2) is 4.06. The van der Waals surface area contributed by atoms with Gasteiger partial charge < -0.3 is 15.2 Å². The lowest BCUT2D eigenvalue weighted by Crippen LogP contribution is -2.28. The van der Waals surface area contributed by atoms with Crippen LogP contribution in [0.5, 0.6) is 11.5 Å². The molecule has 4 heteroatoms. The van der Waals surface area contributed by atoms with Gasteiger partial charge in [-0.1, -0.05) is 0 Å². The van der Waals surface area contributed by atoms with Crippen LogP contribution in [0.15, 0.2) is 12.1 Å². The zero-order chi connectivity index (χ0) is 11.6. The van der Waals surface area contributed by atoms with E-state index in [1.165, 1.54) is 20.3 Å². The Morgan fingerprint density at radius 2 is 1.80 bits per heavy atom. The zero-order valence-corrected chi connectivity index (χ0v) is 9.43. The van der Waals surface area contributed by atoms with Gasteiger partial charge in [-0.25, -0.2) is 4.39 Å². The SMILES string of the molecule is COc1cc(C(C)(C)N)cc(F)c1OC. The van der Waals surface area contributed by atoms with E-state index in [2.05, 4.69) is 0 Å². The molecule has 3 nitrogen and oxygen atoms in total. The third-order valence-corrected chi connectivity index (χ3v) is 2.18.